The van der Waals surface area contributed by atoms with Gasteiger partial charge in [-0.15, -0.1) is 0 Å². The number of carboxylic acid groups (broad SMARTS) is 1. The predicted molar refractivity (Wildman–Crippen MR) is 122 cm³/mol. The molecular formula is C26H21FN2O2. The van der Waals surface area contributed by atoms with Gasteiger partial charge in [0.2, 0.25) is 0 Å². The van der Waals surface area contributed by atoms with Gasteiger partial charge in [0.1, 0.15) is 5.82 Å². The van der Waals surface area contributed by atoms with Crippen LogP contribution in [0.15, 0.2) is 79.0 Å². The van der Waals surface area contributed by atoms with Crippen LogP contribution < -0.4 is 0 Å². The van der Waals surface area contributed by atoms with Gasteiger partial charge in [0.25, 0.3) is 0 Å². The number of carboxylic acids is 1. The summed E-state index contributed by atoms with van der Waals surface area (Å²) >= 11 is 0. The molecule has 0 saturated heterocycles. The summed E-state index contributed by atoms with van der Waals surface area (Å²) < 4.78 is 14.0. The number of nitrogens with one attached hydrogen (secondary N) is 1. The van der Waals surface area contributed by atoms with E-state index in [1.165, 1.54) is 6.07 Å². The summed E-state index contributed by atoms with van der Waals surface area (Å²) in [7, 11) is 0. The molecule has 0 aliphatic heterocycles. The van der Waals surface area contributed by atoms with Gasteiger partial charge in [0, 0.05) is 11.5 Å². The standard InChI is InChI=1S/C26H21FN2O2/c1-2-23(19-4-3-5-22(27)15-19)26(20-11-12-24-21(14-20)16-28-29-24)18-9-6-17(7-10-18)8-13-25(30)31/h3-16H,2H2,1H3,(H,28,29)(H,30,31)/b13-8+,26-23+. The number of rotatable bonds is 6. The van der Waals surface area contributed by atoms with E-state index in [0.717, 1.165) is 50.4 Å². The first-order chi connectivity index (χ1) is 15.0. The van der Waals surface area contributed by atoms with Gasteiger partial charge in [-0.05, 0) is 70.2 Å². The van der Waals surface area contributed by atoms with Crippen molar-refractivity contribution < 1.29 is 14.3 Å². The molecule has 0 aliphatic rings. The fraction of sp³-hybridized carbons (Fsp3) is 0.0769. The third-order valence-electron chi connectivity index (χ3n) is 5.18. The Morgan fingerprint density at radius 2 is 1.81 bits per heavy atom. The second-order valence-electron chi connectivity index (χ2n) is 7.18. The Labute approximate surface area is 179 Å². The van der Waals surface area contributed by atoms with E-state index in [9.17, 15) is 9.18 Å². The molecule has 1 aromatic heterocycles. The molecule has 4 nitrogen and oxygen atoms in total. The van der Waals surface area contributed by atoms with Gasteiger partial charge in [-0.25, -0.2) is 9.18 Å². The number of nitrogens with zero attached hydrogens (tertiary/aromatic N) is 1. The van der Waals surface area contributed by atoms with Crippen LogP contribution >= 0.6 is 0 Å². The maximum Gasteiger partial charge on any atom is 0.328 e. The minimum atomic E-state index is -0.988. The molecule has 0 radical (unpaired) electrons. The zero-order valence-electron chi connectivity index (χ0n) is 17.0. The first-order valence-electron chi connectivity index (χ1n) is 9.99. The van der Waals surface area contributed by atoms with Gasteiger partial charge in [0.15, 0.2) is 0 Å². The molecule has 0 saturated carbocycles. The molecule has 0 unspecified atom stereocenters. The summed E-state index contributed by atoms with van der Waals surface area (Å²) in [4.78, 5) is 10.8. The van der Waals surface area contributed by atoms with Crippen molar-refractivity contribution in [1.29, 1.82) is 0 Å². The molecule has 31 heavy (non-hydrogen) atoms. The number of H-pyrrole nitrogens is 1. The second kappa shape index (κ2) is 8.79. The minimum absolute atomic E-state index is 0.276. The summed E-state index contributed by atoms with van der Waals surface area (Å²) in [6, 6.07) is 20.4. The Bertz CT molecular complexity index is 1300. The van der Waals surface area contributed by atoms with Crippen molar-refractivity contribution in [2.75, 3.05) is 0 Å². The number of hydrogen-bond donors (Lipinski definition) is 2. The molecule has 0 spiro atoms. The Hall–Kier alpha value is -3.99. The van der Waals surface area contributed by atoms with Crippen LogP contribution in [0, 0.1) is 5.82 Å². The van der Waals surface area contributed by atoms with E-state index < -0.39 is 5.97 Å². The average Bonchev–Trinajstić information content (AvgIpc) is 3.24. The summed E-state index contributed by atoms with van der Waals surface area (Å²) in [6.07, 6.45) is 5.16. The zero-order chi connectivity index (χ0) is 21.8. The molecule has 0 fully saturated rings. The fourth-order valence-electron chi connectivity index (χ4n) is 3.74. The van der Waals surface area contributed by atoms with Crippen molar-refractivity contribution in [2.45, 2.75) is 13.3 Å². The molecule has 0 amide bonds. The zero-order valence-corrected chi connectivity index (χ0v) is 17.0. The third-order valence-corrected chi connectivity index (χ3v) is 5.18. The Kier molecular flexibility index (Phi) is 5.76. The number of benzene rings is 3. The summed E-state index contributed by atoms with van der Waals surface area (Å²) in [5.41, 5.74) is 6.57. The highest BCUT2D eigenvalue weighted by molar-refractivity contribution is 6.00. The third kappa shape index (κ3) is 4.46. The predicted octanol–water partition coefficient (Wildman–Crippen LogP) is 6.17. The number of aliphatic carboxylic acids is 1. The topological polar surface area (TPSA) is 66.0 Å². The largest absolute Gasteiger partial charge is 0.478 e. The fourth-order valence-corrected chi connectivity index (χ4v) is 3.74. The van der Waals surface area contributed by atoms with E-state index >= 15 is 0 Å². The Morgan fingerprint density at radius 1 is 1.03 bits per heavy atom. The highest BCUT2D eigenvalue weighted by Gasteiger charge is 2.14. The molecule has 4 rings (SSSR count). The molecule has 5 heteroatoms. The van der Waals surface area contributed by atoms with E-state index in [2.05, 4.69) is 23.2 Å². The number of halogens is 1. The van der Waals surface area contributed by atoms with Crippen molar-refractivity contribution >= 4 is 34.1 Å². The molecule has 3 aromatic carbocycles. The van der Waals surface area contributed by atoms with Crippen LogP contribution in [-0.4, -0.2) is 21.3 Å². The number of fused-ring (bicyclic) bond motifs is 1. The monoisotopic (exact) mass is 412 g/mol. The molecule has 2 N–H and O–H groups in total. The Morgan fingerprint density at radius 3 is 2.52 bits per heavy atom. The summed E-state index contributed by atoms with van der Waals surface area (Å²) in [6.45, 7) is 2.06. The lowest BCUT2D eigenvalue weighted by molar-refractivity contribution is -0.131. The molecule has 154 valence electrons. The van der Waals surface area contributed by atoms with Gasteiger partial charge in [-0.2, -0.15) is 5.10 Å². The smallest absolute Gasteiger partial charge is 0.328 e. The van der Waals surface area contributed by atoms with Crippen LogP contribution in [0.2, 0.25) is 0 Å². The van der Waals surface area contributed by atoms with Gasteiger partial charge in [-0.1, -0.05) is 49.4 Å². The van der Waals surface area contributed by atoms with Crippen LogP contribution in [0.5, 0.6) is 0 Å². The van der Waals surface area contributed by atoms with Crippen LogP contribution in [0.1, 0.15) is 35.6 Å². The molecule has 0 aliphatic carbocycles. The minimum Gasteiger partial charge on any atom is -0.478 e. The van der Waals surface area contributed by atoms with Crippen molar-refractivity contribution in [3.05, 3.63) is 107 Å². The molecule has 4 aromatic rings. The summed E-state index contributed by atoms with van der Waals surface area (Å²) in [5.74, 6) is -1.26. The molecular weight excluding hydrogens is 391 g/mol. The summed E-state index contributed by atoms with van der Waals surface area (Å²) in [5, 5.41) is 16.9. The van der Waals surface area contributed by atoms with Gasteiger partial charge in [-0.3, -0.25) is 5.10 Å². The SMILES string of the molecule is CC/C(=C(/c1ccc(/C=C/C(=O)O)cc1)c1ccc2[nH]ncc2c1)c1cccc(F)c1. The average molecular weight is 412 g/mol. The van der Waals surface area contributed by atoms with E-state index in [4.69, 9.17) is 5.11 Å². The molecule has 1 heterocycles. The van der Waals surface area contributed by atoms with E-state index in [0.29, 0.717) is 6.42 Å². The van der Waals surface area contributed by atoms with Crippen molar-refractivity contribution in [1.82, 2.24) is 10.2 Å². The number of carbonyl (C=O) groups is 1. The number of hydrogen-bond acceptors (Lipinski definition) is 2. The van der Waals surface area contributed by atoms with Crippen molar-refractivity contribution in [3.63, 3.8) is 0 Å². The van der Waals surface area contributed by atoms with E-state index in [1.54, 1.807) is 24.4 Å². The first kappa shape index (κ1) is 20.3. The molecule has 0 atom stereocenters. The van der Waals surface area contributed by atoms with Gasteiger partial charge in [0.05, 0.1) is 11.7 Å². The highest BCUT2D eigenvalue weighted by Crippen LogP contribution is 2.35. The Balaban J connectivity index is 1.91. The lowest BCUT2D eigenvalue weighted by atomic mass is 9.87. The van der Waals surface area contributed by atoms with Crippen LogP contribution in [-0.2, 0) is 4.79 Å². The second-order valence-corrected chi connectivity index (χ2v) is 7.18. The number of aromatic nitrogens is 2. The van der Waals surface area contributed by atoms with Crippen LogP contribution in [0.4, 0.5) is 4.39 Å². The number of aromatic amines is 1. The quantitative estimate of drug-likeness (QED) is 0.294. The van der Waals surface area contributed by atoms with Crippen LogP contribution in [0.3, 0.4) is 0 Å². The lowest BCUT2D eigenvalue weighted by Crippen LogP contribution is -1.96. The van der Waals surface area contributed by atoms with Gasteiger partial charge >= 0.3 is 5.97 Å². The van der Waals surface area contributed by atoms with E-state index in [-0.39, 0.29) is 5.82 Å². The van der Waals surface area contributed by atoms with E-state index in [1.807, 2.05) is 42.5 Å². The van der Waals surface area contributed by atoms with Crippen molar-refractivity contribution in [3.8, 4) is 0 Å². The maximum atomic E-state index is 14.0. The highest BCUT2D eigenvalue weighted by atomic mass is 19.1. The normalized spacial score (nSPS) is 12.3. The van der Waals surface area contributed by atoms with Crippen LogP contribution in [0.25, 0.3) is 28.1 Å². The van der Waals surface area contributed by atoms with Crippen molar-refractivity contribution in [2.24, 2.45) is 0 Å². The maximum absolute atomic E-state index is 14.0. The molecule has 0 bridgehead atoms. The first-order valence-corrected chi connectivity index (χ1v) is 9.99. The number of allylic oxidation sites excluding steroid dienone is 1. The van der Waals surface area contributed by atoms with Gasteiger partial charge < -0.3 is 5.11 Å². The lowest BCUT2D eigenvalue weighted by Gasteiger charge is -2.17.